The molecule has 1 aromatic heterocycles. The van der Waals surface area contributed by atoms with Gasteiger partial charge in [0, 0.05) is 30.6 Å². The molecule has 2 heterocycles. The van der Waals surface area contributed by atoms with Crippen LogP contribution in [0.1, 0.15) is 43.0 Å². The number of hydrogen-bond acceptors (Lipinski definition) is 3. The van der Waals surface area contributed by atoms with Crippen LogP contribution in [0.5, 0.6) is 0 Å². The lowest BCUT2D eigenvalue weighted by Gasteiger charge is -2.15. The van der Waals surface area contributed by atoms with Gasteiger partial charge in [0.05, 0.1) is 18.9 Å². The van der Waals surface area contributed by atoms with Gasteiger partial charge < -0.3 is 15.0 Å². The molecule has 0 saturated heterocycles. The van der Waals surface area contributed by atoms with Crippen molar-refractivity contribution >= 4 is 0 Å². The molecule has 4 heteroatoms. The van der Waals surface area contributed by atoms with E-state index in [-0.39, 0.29) is 6.04 Å². The SMILES string of the molecule is CC(N)Cc1nc2c(n1C1CC1)CCOC2. The van der Waals surface area contributed by atoms with Crippen molar-refractivity contribution in [2.24, 2.45) is 5.73 Å². The summed E-state index contributed by atoms with van der Waals surface area (Å²) in [5.74, 6) is 1.17. The highest BCUT2D eigenvalue weighted by Gasteiger charge is 2.31. The van der Waals surface area contributed by atoms with Crippen molar-refractivity contribution in [3.8, 4) is 0 Å². The van der Waals surface area contributed by atoms with Crippen LogP contribution in [-0.4, -0.2) is 22.2 Å². The Bertz CT molecular complexity index is 393. The molecule has 1 unspecified atom stereocenters. The van der Waals surface area contributed by atoms with E-state index in [0.29, 0.717) is 12.6 Å². The minimum atomic E-state index is 0.183. The van der Waals surface area contributed by atoms with E-state index in [1.54, 1.807) is 0 Å². The molecule has 1 atom stereocenters. The number of ether oxygens (including phenoxy) is 1. The molecule has 1 saturated carbocycles. The molecule has 0 bridgehead atoms. The maximum absolute atomic E-state index is 5.89. The molecule has 2 N–H and O–H groups in total. The molecular formula is C12H19N3O. The second-order valence-electron chi connectivity index (χ2n) is 5.01. The summed E-state index contributed by atoms with van der Waals surface area (Å²) in [6.45, 7) is 3.56. The zero-order valence-electron chi connectivity index (χ0n) is 9.78. The van der Waals surface area contributed by atoms with Crippen LogP contribution >= 0.6 is 0 Å². The zero-order chi connectivity index (χ0) is 11.1. The highest BCUT2D eigenvalue weighted by Crippen LogP contribution is 2.39. The summed E-state index contributed by atoms with van der Waals surface area (Å²) in [5, 5.41) is 0. The Morgan fingerprint density at radius 2 is 2.38 bits per heavy atom. The fourth-order valence-electron chi connectivity index (χ4n) is 2.48. The average Bonchev–Trinajstić information content (AvgIpc) is 3.00. The molecule has 2 aliphatic rings. The van der Waals surface area contributed by atoms with Crippen LogP contribution in [0.4, 0.5) is 0 Å². The normalized spacial score (nSPS) is 21.9. The predicted molar refractivity (Wildman–Crippen MR) is 61.2 cm³/mol. The standard InChI is InChI=1S/C12H19N3O/c1-8(13)6-12-14-10-7-16-5-4-11(10)15(12)9-2-3-9/h8-9H,2-7,13H2,1H3. The third-order valence-corrected chi connectivity index (χ3v) is 3.30. The molecule has 1 aliphatic heterocycles. The summed E-state index contributed by atoms with van der Waals surface area (Å²) in [6, 6.07) is 0.880. The number of nitrogens with zero attached hydrogens (tertiary/aromatic N) is 2. The molecular weight excluding hydrogens is 202 g/mol. The van der Waals surface area contributed by atoms with Crippen LogP contribution in [0, 0.1) is 0 Å². The van der Waals surface area contributed by atoms with Crippen molar-refractivity contribution in [3.63, 3.8) is 0 Å². The molecule has 0 amide bonds. The molecule has 16 heavy (non-hydrogen) atoms. The quantitative estimate of drug-likeness (QED) is 0.834. The van der Waals surface area contributed by atoms with Gasteiger partial charge in [0.25, 0.3) is 0 Å². The van der Waals surface area contributed by atoms with Crippen molar-refractivity contribution in [1.82, 2.24) is 9.55 Å². The molecule has 0 radical (unpaired) electrons. The van der Waals surface area contributed by atoms with Crippen LogP contribution in [0.25, 0.3) is 0 Å². The lowest BCUT2D eigenvalue weighted by molar-refractivity contribution is 0.106. The maximum Gasteiger partial charge on any atom is 0.111 e. The first-order valence-corrected chi connectivity index (χ1v) is 6.18. The monoisotopic (exact) mass is 221 g/mol. The largest absolute Gasteiger partial charge is 0.375 e. The third-order valence-electron chi connectivity index (χ3n) is 3.30. The summed E-state index contributed by atoms with van der Waals surface area (Å²) in [4.78, 5) is 4.71. The summed E-state index contributed by atoms with van der Waals surface area (Å²) < 4.78 is 7.91. The van der Waals surface area contributed by atoms with E-state index in [1.807, 2.05) is 6.92 Å². The summed E-state index contributed by atoms with van der Waals surface area (Å²) in [7, 11) is 0. The van der Waals surface area contributed by atoms with Crippen molar-refractivity contribution in [3.05, 3.63) is 17.2 Å². The summed E-state index contributed by atoms with van der Waals surface area (Å²) in [6.07, 6.45) is 4.49. The lowest BCUT2D eigenvalue weighted by Crippen LogP contribution is -2.21. The van der Waals surface area contributed by atoms with Crippen LogP contribution in [0.2, 0.25) is 0 Å². The Morgan fingerprint density at radius 1 is 1.56 bits per heavy atom. The molecule has 88 valence electrons. The fraction of sp³-hybridized carbons (Fsp3) is 0.750. The predicted octanol–water partition coefficient (Wildman–Crippen LogP) is 1.18. The minimum Gasteiger partial charge on any atom is -0.375 e. The van der Waals surface area contributed by atoms with Gasteiger partial charge >= 0.3 is 0 Å². The third kappa shape index (κ3) is 1.76. The highest BCUT2D eigenvalue weighted by molar-refractivity contribution is 5.22. The van der Waals surface area contributed by atoms with Gasteiger partial charge in [0.1, 0.15) is 5.82 Å². The molecule has 0 spiro atoms. The smallest absolute Gasteiger partial charge is 0.111 e. The fourth-order valence-corrected chi connectivity index (χ4v) is 2.48. The number of hydrogen-bond donors (Lipinski definition) is 1. The molecule has 4 nitrogen and oxygen atoms in total. The molecule has 1 aliphatic carbocycles. The van der Waals surface area contributed by atoms with Crippen LogP contribution in [-0.2, 0) is 24.2 Å². The van der Waals surface area contributed by atoms with Gasteiger partial charge in [0.15, 0.2) is 0 Å². The second-order valence-corrected chi connectivity index (χ2v) is 5.01. The average molecular weight is 221 g/mol. The van der Waals surface area contributed by atoms with Crippen molar-refractivity contribution in [1.29, 1.82) is 0 Å². The second kappa shape index (κ2) is 3.86. The topological polar surface area (TPSA) is 53.1 Å². The zero-order valence-corrected chi connectivity index (χ0v) is 9.78. The van der Waals surface area contributed by atoms with Gasteiger partial charge in [-0.3, -0.25) is 0 Å². The Morgan fingerprint density at radius 3 is 3.06 bits per heavy atom. The van der Waals surface area contributed by atoms with Gasteiger partial charge in [-0.15, -0.1) is 0 Å². The molecule has 1 aromatic rings. The number of aromatic nitrogens is 2. The summed E-state index contributed by atoms with van der Waals surface area (Å²) in [5.41, 5.74) is 8.44. The van der Waals surface area contributed by atoms with Gasteiger partial charge in [-0.25, -0.2) is 4.98 Å². The van der Waals surface area contributed by atoms with Gasteiger partial charge in [0.2, 0.25) is 0 Å². The number of nitrogens with two attached hydrogens (primary N) is 1. The van der Waals surface area contributed by atoms with E-state index < -0.39 is 0 Å². The first-order chi connectivity index (χ1) is 7.75. The minimum absolute atomic E-state index is 0.183. The van der Waals surface area contributed by atoms with Crippen molar-refractivity contribution in [2.75, 3.05) is 6.61 Å². The molecule has 0 aromatic carbocycles. The van der Waals surface area contributed by atoms with E-state index in [0.717, 1.165) is 25.1 Å². The van der Waals surface area contributed by atoms with Crippen molar-refractivity contribution in [2.45, 2.75) is 51.3 Å². The van der Waals surface area contributed by atoms with Gasteiger partial charge in [-0.05, 0) is 19.8 Å². The van der Waals surface area contributed by atoms with E-state index in [1.165, 1.54) is 24.4 Å². The first kappa shape index (κ1) is 10.3. The summed E-state index contributed by atoms with van der Waals surface area (Å²) >= 11 is 0. The van der Waals surface area contributed by atoms with E-state index >= 15 is 0 Å². The number of imidazole rings is 1. The maximum atomic E-state index is 5.89. The molecule has 1 fully saturated rings. The number of fused-ring (bicyclic) bond motifs is 1. The van der Waals surface area contributed by atoms with Gasteiger partial charge in [-0.1, -0.05) is 0 Å². The number of rotatable bonds is 3. The Kier molecular flexibility index (Phi) is 2.48. The highest BCUT2D eigenvalue weighted by atomic mass is 16.5. The van der Waals surface area contributed by atoms with E-state index in [4.69, 9.17) is 15.5 Å². The Balaban J connectivity index is 1.98. The van der Waals surface area contributed by atoms with Crippen molar-refractivity contribution < 1.29 is 4.74 Å². The van der Waals surface area contributed by atoms with Crippen LogP contribution < -0.4 is 5.73 Å². The Hall–Kier alpha value is -0.870. The van der Waals surface area contributed by atoms with E-state index in [9.17, 15) is 0 Å². The molecule has 3 rings (SSSR count). The Labute approximate surface area is 95.8 Å². The lowest BCUT2D eigenvalue weighted by atomic mass is 10.2. The van der Waals surface area contributed by atoms with Crippen LogP contribution in [0.15, 0.2) is 0 Å². The first-order valence-electron chi connectivity index (χ1n) is 6.18. The van der Waals surface area contributed by atoms with Crippen LogP contribution in [0.3, 0.4) is 0 Å². The van der Waals surface area contributed by atoms with E-state index in [2.05, 4.69) is 4.57 Å². The van der Waals surface area contributed by atoms with Gasteiger partial charge in [-0.2, -0.15) is 0 Å².